The molecule has 6 heteroatoms. The van der Waals surface area contributed by atoms with Gasteiger partial charge in [-0.1, -0.05) is 24.3 Å². The van der Waals surface area contributed by atoms with Crippen LogP contribution in [0.1, 0.15) is 25.5 Å². The molecule has 2 N–H and O–H groups in total. The number of guanidine groups is 1. The maximum absolute atomic E-state index is 4.64. The van der Waals surface area contributed by atoms with Crippen LogP contribution in [0.15, 0.2) is 64.6 Å². The van der Waals surface area contributed by atoms with E-state index in [4.69, 9.17) is 0 Å². The molecule has 0 radical (unpaired) electrons. The van der Waals surface area contributed by atoms with Crippen molar-refractivity contribution in [3.8, 4) is 0 Å². The lowest BCUT2D eigenvalue weighted by Gasteiger charge is -2.18. The zero-order valence-electron chi connectivity index (χ0n) is 14.4. The number of nitrogens with one attached hydrogen (secondary N) is 2. The number of halogens is 1. The highest BCUT2D eigenvalue weighted by atomic mass is 127. The zero-order valence-corrected chi connectivity index (χ0v) is 17.6. The van der Waals surface area contributed by atoms with E-state index >= 15 is 0 Å². The minimum Gasteiger partial charge on any atom is -0.357 e. The van der Waals surface area contributed by atoms with Crippen LogP contribution in [0.25, 0.3) is 0 Å². The third-order valence-electron chi connectivity index (χ3n) is 3.93. The highest BCUT2D eigenvalue weighted by Crippen LogP contribution is 2.51. The quantitative estimate of drug-likeness (QED) is 0.365. The molecular weight excluding hydrogens is 443 g/mol. The van der Waals surface area contributed by atoms with E-state index in [2.05, 4.69) is 57.9 Å². The number of pyridine rings is 1. The van der Waals surface area contributed by atoms with Crippen LogP contribution >= 0.6 is 35.7 Å². The van der Waals surface area contributed by atoms with Gasteiger partial charge in [0.25, 0.3) is 0 Å². The molecule has 1 aliphatic rings. The second-order valence-corrected chi connectivity index (χ2v) is 7.51. The SMILES string of the molecule is CCNC(=NCc1ccccn1)NCC1(Sc2ccccc2)CC1.I. The Morgan fingerprint density at radius 3 is 2.52 bits per heavy atom. The normalized spacial score (nSPS) is 15.2. The summed E-state index contributed by atoms with van der Waals surface area (Å²) in [5.74, 6) is 0.864. The molecule has 0 spiro atoms. The Bertz CT molecular complexity index is 660. The van der Waals surface area contributed by atoms with Crippen LogP contribution in [0, 0.1) is 0 Å². The fourth-order valence-electron chi connectivity index (χ4n) is 2.43. The minimum atomic E-state index is 0. The first-order valence-electron chi connectivity index (χ1n) is 8.46. The zero-order chi connectivity index (χ0) is 16.7. The Hall–Kier alpha value is -1.28. The molecular formula is C19H25IN4S. The van der Waals surface area contributed by atoms with Crippen molar-refractivity contribution in [1.82, 2.24) is 15.6 Å². The molecule has 1 aliphatic carbocycles. The predicted octanol–water partition coefficient (Wildman–Crippen LogP) is 4.08. The number of nitrogens with zero attached hydrogens (tertiary/aromatic N) is 2. The van der Waals surface area contributed by atoms with Crippen LogP contribution < -0.4 is 10.6 Å². The Labute approximate surface area is 171 Å². The molecule has 1 fully saturated rings. The summed E-state index contributed by atoms with van der Waals surface area (Å²) in [6.07, 6.45) is 4.30. The van der Waals surface area contributed by atoms with Gasteiger partial charge in [0.1, 0.15) is 0 Å². The van der Waals surface area contributed by atoms with Gasteiger partial charge in [-0.2, -0.15) is 0 Å². The summed E-state index contributed by atoms with van der Waals surface area (Å²) in [5.41, 5.74) is 0.981. The first-order chi connectivity index (χ1) is 11.8. The lowest BCUT2D eigenvalue weighted by Crippen LogP contribution is -2.41. The van der Waals surface area contributed by atoms with Crippen LogP contribution in [-0.4, -0.2) is 28.8 Å². The van der Waals surface area contributed by atoms with Crippen LogP contribution in [0.2, 0.25) is 0 Å². The van der Waals surface area contributed by atoms with Crippen molar-refractivity contribution in [2.45, 2.75) is 36.0 Å². The van der Waals surface area contributed by atoms with E-state index < -0.39 is 0 Å². The molecule has 2 aromatic rings. The largest absolute Gasteiger partial charge is 0.357 e. The standard InChI is InChI=1S/C19H24N4S.HI/c1-2-20-18(22-14-16-8-6-7-13-21-16)23-15-19(11-12-19)24-17-9-4-3-5-10-17;/h3-10,13H,2,11-12,14-15H2,1H3,(H2,20,22,23);1H. The molecule has 1 heterocycles. The molecule has 1 aromatic heterocycles. The molecule has 0 amide bonds. The number of thioether (sulfide) groups is 1. The van der Waals surface area contributed by atoms with E-state index in [1.165, 1.54) is 17.7 Å². The van der Waals surface area contributed by atoms with E-state index in [0.29, 0.717) is 11.3 Å². The van der Waals surface area contributed by atoms with Gasteiger partial charge >= 0.3 is 0 Å². The second-order valence-electron chi connectivity index (χ2n) is 5.97. The van der Waals surface area contributed by atoms with E-state index in [1.54, 1.807) is 6.20 Å². The number of aliphatic imine (C=N–C) groups is 1. The van der Waals surface area contributed by atoms with E-state index in [1.807, 2.05) is 30.0 Å². The molecule has 0 bridgehead atoms. The number of benzene rings is 1. The van der Waals surface area contributed by atoms with Crippen LogP contribution in [0.3, 0.4) is 0 Å². The number of aromatic nitrogens is 1. The molecule has 0 saturated heterocycles. The van der Waals surface area contributed by atoms with Gasteiger partial charge in [-0.3, -0.25) is 4.98 Å². The Kier molecular flexibility index (Phi) is 8.02. The monoisotopic (exact) mass is 468 g/mol. The summed E-state index contributed by atoms with van der Waals surface area (Å²) in [6, 6.07) is 16.6. The molecule has 3 rings (SSSR count). The van der Waals surface area contributed by atoms with Gasteiger partial charge in [0, 0.05) is 28.9 Å². The Morgan fingerprint density at radius 2 is 1.88 bits per heavy atom. The second kappa shape index (κ2) is 10.0. The smallest absolute Gasteiger partial charge is 0.191 e. The molecule has 1 aromatic carbocycles. The van der Waals surface area contributed by atoms with Gasteiger partial charge in [0.05, 0.1) is 12.2 Å². The van der Waals surface area contributed by atoms with E-state index in [0.717, 1.165) is 24.7 Å². The average Bonchev–Trinajstić information content (AvgIpc) is 3.39. The van der Waals surface area contributed by atoms with Crippen LogP contribution in [0.4, 0.5) is 0 Å². The van der Waals surface area contributed by atoms with Gasteiger partial charge in [-0.25, -0.2) is 4.99 Å². The van der Waals surface area contributed by atoms with Crippen molar-refractivity contribution < 1.29 is 0 Å². The summed E-state index contributed by atoms with van der Waals surface area (Å²) in [5, 5.41) is 6.82. The molecule has 134 valence electrons. The summed E-state index contributed by atoms with van der Waals surface area (Å²) in [4.78, 5) is 10.3. The van der Waals surface area contributed by atoms with Gasteiger partial charge in [-0.05, 0) is 44.0 Å². The Morgan fingerprint density at radius 1 is 1.12 bits per heavy atom. The first kappa shape index (κ1) is 20.0. The summed E-state index contributed by atoms with van der Waals surface area (Å²) in [7, 11) is 0. The lowest BCUT2D eigenvalue weighted by molar-refractivity contribution is 0.767. The third kappa shape index (κ3) is 6.51. The summed E-state index contributed by atoms with van der Waals surface area (Å²) in [6.45, 7) is 4.46. The number of hydrogen-bond donors (Lipinski definition) is 2. The molecule has 0 atom stereocenters. The fourth-order valence-corrected chi connectivity index (χ4v) is 3.67. The number of rotatable bonds is 7. The van der Waals surface area contributed by atoms with Gasteiger partial charge < -0.3 is 10.6 Å². The molecule has 0 aliphatic heterocycles. The average molecular weight is 468 g/mol. The maximum atomic E-state index is 4.64. The van der Waals surface area contributed by atoms with E-state index in [9.17, 15) is 0 Å². The summed E-state index contributed by atoms with van der Waals surface area (Å²) >= 11 is 1.97. The number of hydrogen-bond acceptors (Lipinski definition) is 3. The van der Waals surface area contributed by atoms with Crippen molar-refractivity contribution >= 4 is 41.7 Å². The molecule has 0 unspecified atom stereocenters. The van der Waals surface area contributed by atoms with Crippen LogP contribution in [-0.2, 0) is 6.54 Å². The third-order valence-corrected chi connectivity index (χ3v) is 5.43. The fraction of sp³-hybridized carbons (Fsp3) is 0.368. The van der Waals surface area contributed by atoms with Gasteiger partial charge in [0.15, 0.2) is 5.96 Å². The molecule has 4 nitrogen and oxygen atoms in total. The van der Waals surface area contributed by atoms with Crippen molar-refractivity contribution in [3.05, 3.63) is 60.4 Å². The first-order valence-corrected chi connectivity index (χ1v) is 9.27. The highest BCUT2D eigenvalue weighted by molar-refractivity contribution is 14.0. The maximum Gasteiger partial charge on any atom is 0.191 e. The van der Waals surface area contributed by atoms with Crippen LogP contribution in [0.5, 0.6) is 0 Å². The van der Waals surface area contributed by atoms with Gasteiger partial charge in [-0.15, -0.1) is 35.7 Å². The topological polar surface area (TPSA) is 49.3 Å². The van der Waals surface area contributed by atoms with E-state index in [-0.39, 0.29) is 24.0 Å². The minimum absolute atomic E-state index is 0. The predicted molar refractivity (Wildman–Crippen MR) is 117 cm³/mol. The summed E-state index contributed by atoms with van der Waals surface area (Å²) < 4.78 is 0.308. The highest BCUT2D eigenvalue weighted by Gasteiger charge is 2.43. The van der Waals surface area contributed by atoms with Crippen molar-refractivity contribution in [2.24, 2.45) is 4.99 Å². The lowest BCUT2D eigenvalue weighted by atomic mass is 10.3. The Balaban J connectivity index is 0.00000225. The molecule has 1 saturated carbocycles. The van der Waals surface area contributed by atoms with Crippen molar-refractivity contribution in [2.75, 3.05) is 13.1 Å². The van der Waals surface area contributed by atoms with Gasteiger partial charge in [0.2, 0.25) is 0 Å². The van der Waals surface area contributed by atoms with Crippen molar-refractivity contribution in [3.63, 3.8) is 0 Å². The molecule has 25 heavy (non-hydrogen) atoms. The van der Waals surface area contributed by atoms with Crippen molar-refractivity contribution in [1.29, 1.82) is 0 Å².